The minimum Gasteiger partial charge on any atom is -0.508 e. The van der Waals surface area contributed by atoms with Crippen molar-refractivity contribution < 1.29 is 49.5 Å². The van der Waals surface area contributed by atoms with Crippen LogP contribution in [0.25, 0.3) is 0 Å². The van der Waals surface area contributed by atoms with E-state index in [4.69, 9.17) is 25.2 Å². The van der Waals surface area contributed by atoms with Gasteiger partial charge in [0.15, 0.2) is 0 Å². The highest BCUT2D eigenvalue weighted by atomic mass is 32.2. The van der Waals surface area contributed by atoms with E-state index in [1.165, 1.54) is 36.2 Å². The van der Waals surface area contributed by atoms with E-state index < -0.39 is 51.5 Å². The summed E-state index contributed by atoms with van der Waals surface area (Å²) in [7, 11) is 1.46. The predicted octanol–water partition coefficient (Wildman–Crippen LogP) is 2.22. The molecule has 2 heterocycles. The summed E-state index contributed by atoms with van der Waals surface area (Å²) in [6, 6.07) is 5.69. The van der Waals surface area contributed by atoms with Gasteiger partial charge in [-0.15, -0.1) is 0 Å². The van der Waals surface area contributed by atoms with Gasteiger partial charge in [0.25, 0.3) is 0 Å². The highest BCUT2D eigenvalue weighted by molar-refractivity contribution is 8.00. The van der Waals surface area contributed by atoms with Crippen LogP contribution in [0.5, 0.6) is 5.75 Å². The minimum absolute atomic E-state index is 0.0189. The lowest BCUT2D eigenvalue weighted by Gasteiger charge is -2.35. The molecule has 3 atom stereocenters. The second-order valence-electron chi connectivity index (χ2n) is 12.1. The Bertz CT molecular complexity index is 1530. The molecule has 0 aromatic heterocycles. The number of unbranched alkanes of at least 4 members (excludes halogenated alkanes) is 1. The average Bonchev–Trinajstić information content (AvgIpc) is 3.49. The van der Waals surface area contributed by atoms with Crippen LogP contribution < -0.4 is 26.6 Å². The Morgan fingerprint density at radius 1 is 0.959 bits per heavy atom. The fourth-order valence-corrected chi connectivity index (χ4v) is 7.11. The molecule has 0 spiro atoms. The maximum atomic E-state index is 12.6. The van der Waals surface area contributed by atoms with Crippen molar-refractivity contribution >= 4 is 41.2 Å². The van der Waals surface area contributed by atoms with Crippen LogP contribution >= 0.6 is 11.8 Å². The first kappa shape index (κ1) is 29.6. The van der Waals surface area contributed by atoms with E-state index in [2.05, 4.69) is 26.6 Å². The molecular formula is C34H56N6O8S. The average molecular weight is 717 g/mol. The quantitative estimate of drug-likeness (QED) is 0.0500. The van der Waals surface area contributed by atoms with Crippen LogP contribution in [-0.4, -0.2) is 129 Å². The normalized spacial score (nSPS) is 24.7. The highest BCUT2D eigenvalue weighted by Gasteiger charge is 2.60. The molecule has 1 aromatic carbocycles. The van der Waals surface area contributed by atoms with Gasteiger partial charge in [0.2, 0.25) is 17.7 Å². The van der Waals surface area contributed by atoms with Gasteiger partial charge < -0.3 is 50.8 Å². The number of hydrogen-bond acceptors (Lipinski definition) is 10. The molecule has 0 radical (unpaired) electrons. The van der Waals surface area contributed by atoms with E-state index in [9.17, 15) is 24.3 Å². The second kappa shape index (κ2) is 21.2. The number of phenolic OH excluding ortho intramolecular Hbond substituents is 1. The van der Waals surface area contributed by atoms with E-state index in [1.807, 2.05) is 13.8 Å². The van der Waals surface area contributed by atoms with Crippen molar-refractivity contribution in [1.29, 1.82) is 0 Å². The van der Waals surface area contributed by atoms with Crippen LogP contribution in [0.2, 0.25) is 0 Å². The van der Waals surface area contributed by atoms with Crippen molar-refractivity contribution in [2.45, 2.75) is 75.0 Å². The molecule has 2 fully saturated rings. The van der Waals surface area contributed by atoms with Crippen LogP contribution in [-0.2, 0) is 28.6 Å². The topological polar surface area (TPSA) is 180 Å². The molecular weight excluding hydrogens is 652 g/mol. The maximum Gasteiger partial charge on any atom is 0.315 e. The number of aromatic hydroxyl groups is 1. The van der Waals surface area contributed by atoms with Crippen molar-refractivity contribution in [1.82, 2.24) is 26.2 Å². The molecule has 2 aliphatic rings. The highest BCUT2D eigenvalue weighted by Crippen LogP contribution is 2.47. The SMILES string of the molecule is [2H]C([2H])(CNCCC(=O)Nc1ccc(O)cc1)C([2H])([2H])OCCOCCOC([2H])([2H])C([2H])([2H])CNC(=O)CN(C)C(=O)CCCC[C@@H]1SC[C@]2(C)NC(=O)N[C@]12C. The number of anilines is 1. The summed E-state index contributed by atoms with van der Waals surface area (Å²) in [5.41, 5.74) is -0.238. The lowest BCUT2D eigenvalue weighted by atomic mass is 9.79. The number of carbonyl (C=O) groups excluding carboxylic acids is 4. The van der Waals surface area contributed by atoms with Gasteiger partial charge >= 0.3 is 6.03 Å². The van der Waals surface area contributed by atoms with E-state index >= 15 is 0 Å². The van der Waals surface area contributed by atoms with E-state index in [-0.39, 0.29) is 85.7 Å². The number of carbonyl (C=O) groups is 4. The summed E-state index contributed by atoms with van der Waals surface area (Å²) >= 11 is 1.79. The zero-order valence-corrected chi connectivity index (χ0v) is 29.3. The van der Waals surface area contributed by atoms with Crippen LogP contribution in [0.15, 0.2) is 24.3 Å². The third-order valence-corrected chi connectivity index (χ3v) is 10.1. The van der Waals surface area contributed by atoms with Gasteiger partial charge in [0.1, 0.15) is 5.75 Å². The fraction of sp³-hybridized carbons (Fsp3) is 0.706. The molecule has 5 amide bonds. The lowest BCUT2D eigenvalue weighted by Crippen LogP contribution is -2.58. The largest absolute Gasteiger partial charge is 0.508 e. The van der Waals surface area contributed by atoms with Gasteiger partial charge in [-0.2, -0.15) is 11.8 Å². The number of urea groups is 1. The number of ether oxygens (including phenoxy) is 3. The number of likely N-dealkylation sites (N-methyl/N-ethyl adjacent to an activating group) is 1. The number of thioether (sulfide) groups is 1. The van der Waals surface area contributed by atoms with Crippen LogP contribution in [0.1, 0.15) is 69.7 Å². The summed E-state index contributed by atoms with van der Waals surface area (Å²) in [5, 5.41) is 23.2. The van der Waals surface area contributed by atoms with Crippen LogP contribution in [0.4, 0.5) is 10.5 Å². The van der Waals surface area contributed by atoms with Crippen molar-refractivity contribution in [3.63, 3.8) is 0 Å². The molecule has 0 saturated carbocycles. The molecule has 1 aromatic rings. The molecule has 14 nitrogen and oxygen atoms in total. The summed E-state index contributed by atoms with van der Waals surface area (Å²) in [5.74, 6) is -0.462. The molecule has 2 saturated heterocycles. The maximum absolute atomic E-state index is 12.6. The molecule has 6 N–H and O–H groups in total. The lowest BCUT2D eigenvalue weighted by molar-refractivity contribution is -0.134. The Morgan fingerprint density at radius 3 is 2.35 bits per heavy atom. The zero-order chi connectivity index (χ0) is 42.7. The number of phenols is 1. The third-order valence-electron chi connectivity index (χ3n) is 8.25. The minimum atomic E-state index is -2.85. The molecule has 0 unspecified atom stereocenters. The Kier molecular flexibility index (Phi) is 12.8. The first-order valence-electron chi connectivity index (χ1n) is 20.3. The smallest absolute Gasteiger partial charge is 0.315 e. The van der Waals surface area contributed by atoms with Crippen LogP contribution in [0, 0.1) is 0 Å². The van der Waals surface area contributed by atoms with Crippen molar-refractivity contribution in [2.75, 3.05) is 83.8 Å². The third kappa shape index (κ3) is 14.0. The van der Waals surface area contributed by atoms with Gasteiger partial charge in [0, 0.05) is 68.3 Å². The van der Waals surface area contributed by atoms with Gasteiger partial charge in [-0.25, -0.2) is 4.79 Å². The number of fused-ring (bicyclic) bond motifs is 1. The monoisotopic (exact) mass is 716 g/mol. The Labute approximate surface area is 305 Å². The Hall–Kier alpha value is -3.11. The number of amides is 5. The number of rotatable bonds is 25. The summed E-state index contributed by atoms with van der Waals surface area (Å²) in [4.78, 5) is 50.4. The van der Waals surface area contributed by atoms with Gasteiger partial charge in [-0.1, -0.05) is 6.42 Å². The Morgan fingerprint density at radius 2 is 1.63 bits per heavy atom. The first-order valence-corrected chi connectivity index (χ1v) is 17.4. The molecule has 0 bridgehead atoms. The molecule has 0 aliphatic carbocycles. The Balaban J connectivity index is 1.25. The predicted molar refractivity (Wildman–Crippen MR) is 190 cm³/mol. The first-order chi connectivity index (χ1) is 26.4. The molecule has 276 valence electrons. The number of benzene rings is 1. The van der Waals surface area contributed by atoms with E-state index in [1.54, 1.807) is 11.8 Å². The molecule has 2 aliphatic heterocycles. The van der Waals surface area contributed by atoms with Gasteiger partial charge in [-0.3, -0.25) is 14.4 Å². The fourth-order valence-electron chi connectivity index (χ4n) is 5.21. The van der Waals surface area contributed by atoms with Crippen LogP contribution in [0.3, 0.4) is 0 Å². The summed E-state index contributed by atoms with van der Waals surface area (Å²) in [6.07, 6.45) is -2.81. The molecule has 49 heavy (non-hydrogen) atoms. The van der Waals surface area contributed by atoms with E-state index in [0.717, 1.165) is 18.6 Å². The van der Waals surface area contributed by atoms with Crippen molar-refractivity contribution in [2.24, 2.45) is 0 Å². The standard InChI is InChI=1S/C34H56N6O8S/c1-33-25-49-28(34(33,2)39-32(45)38-33)8-4-5-9-31(44)40(3)24-30(43)36-16-7-19-47-21-23-48-22-20-46-18-6-15-35-17-14-29(42)37-26-10-12-27(41)13-11-26/h10-13,28,35,41H,4-9,14-25H2,1-3H3,(H,36,43)(H,37,42)(H2,38,39,45)/t28-,33-,34+/m0/s1/i6D2,7D2,18D2,19D2. The van der Waals surface area contributed by atoms with E-state index in [0.29, 0.717) is 12.1 Å². The zero-order valence-electron chi connectivity index (χ0n) is 36.4. The summed E-state index contributed by atoms with van der Waals surface area (Å²) in [6.45, 7) is -4.22. The molecule has 3 rings (SSSR count). The van der Waals surface area contributed by atoms with Crippen molar-refractivity contribution in [3.05, 3.63) is 24.3 Å². The number of nitrogens with one attached hydrogen (secondary N) is 5. The molecule has 15 heteroatoms. The van der Waals surface area contributed by atoms with Gasteiger partial charge in [-0.05, 0) is 70.2 Å². The second-order valence-corrected chi connectivity index (χ2v) is 13.3. The summed E-state index contributed by atoms with van der Waals surface area (Å²) < 4.78 is 79.9. The van der Waals surface area contributed by atoms with Crippen molar-refractivity contribution in [3.8, 4) is 5.75 Å². The number of hydrogen-bond donors (Lipinski definition) is 6. The van der Waals surface area contributed by atoms with Gasteiger partial charge in [0.05, 0.1) is 49.5 Å². The number of nitrogens with zero attached hydrogens (tertiary/aromatic N) is 1.